The summed E-state index contributed by atoms with van der Waals surface area (Å²) in [5.41, 5.74) is 5.29. The Balaban J connectivity index is 2.85. The van der Waals surface area contributed by atoms with Gasteiger partial charge in [-0.15, -0.1) is 0 Å². The first-order chi connectivity index (χ1) is 14.3. The van der Waals surface area contributed by atoms with Gasteiger partial charge in [-0.2, -0.15) is 0 Å². The number of aryl methyl sites for hydroxylation is 2. The van der Waals surface area contributed by atoms with E-state index < -0.39 is 16.8 Å². The molecular formula is C25H35NO3S. The molecule has 2 aromatic carbocycles. The van der Waals surface area contributed by atoms with Crippen LogP contribution < -0.4 is 4.90 Å². The maximum atomic E-state index is 13.1. The van der Waals surface area contributed by atoms with Gasteiger partial charge in [0.1, 0.15) is 0 Å². The lowest BCUT2D eigenvalue weighted by atomic mass is 9.96. The largest absolute Gasteiger partial charge is 0.478 e. The van der Waals surface area contributed by atoms with Crippen LogP contribution in [0, 0.1) is 13.8 Å². The van der Waals surface area contributed by atoms with Crippen LogP contribution in [0.4, 0.5) is 5.69 Å². The Hall–Kier alpha value is -2.14. The topological polar surface area (TPSA) is 57.6 Å². The third kappa shape index (κ3) is 5.94. The van der Waals surface area contributed by atoms with E-state index in [-0.39, 0.29) is 5.56 Å². The molecule has 0 aliphatic rings. The third-order valence-electron chi connectivity index (χ3n) is 5.25. The second-order valence-corrected chi connectivity index (χ2v) is 9.59. The van der Waals surface area contributed by atoms with Crippen molar-refractivity contribution >= 4 is 22.5 Å². The molecule has 1 atom stereocenters. The number of aromatic carboxylic acids is 1. The zero-order valence-corrected chi connectivity index (χ0v) is 19.8. The molecule has 5 heteroatoms. The van der Waals surface area contributed by atoms with Crippen molar-refractivity contribution in [3.63, 3.8) is 0 Å². The van der Waals surface area contributed by atoms with Gasteiger partial charge in [0.25, 0.3) is 0 Å². The van der Waals surface area contributed by atoms with Gasteiger partial charge in [-0.1, -0.05) is 62.9 Å². The van der Waals surface area contributed by atoms with E-state index >= 15 is 0 Å². The van der Waals surface area contributed by atoms with Crippen LogP contribution >= 0.6 is 0 Å². The highest BCUT2D eigenvalue weighted by molar-refractivity contribution is 7.85. The number of hydrogen-bond donors (Lipinski definition) is 1. The van der Waals surface area contributed by atoms with Crippen molar-refractivity contribution in [2.75, 3.05) is 23.7 Å². The lowest BCUT2D eigenvalue weighted by Gasteiger charge is -2.29. The first-order valence-electron chi connectivity index (χ1n) is 11.0. The Morgan fingerprint density at radius 3 is 1.97 bits per heavy atom. The molecule has 0 amide bonds. The second kappa shape index (κ2) is 11.3. The number of nitrogens with zero attached hydrogens (tertiary/aromatic N) is 1. The van der Waals surface area contributed by atoms with Gasteiger partial charge in [0.05, 0.1) is 16.4 Å². The fraction of sp³-hybridized carbons (Fsp3) is 0.480. The summed E-state index contributed by atoms with van der Waals surface area (Å²) in [5.74, 6) is -0.534. The maximum absolute atomic E-state index is 13.1. The van der Waals surface area contributed by atoms with Crippen LogP contribution in [0.2, 0.25) is 0 Å². The molecule has 0 radical (unpaired) electrons. The highest BCUT2D eigenvalue weighted by Gasteiger charge is 2.22. The average Bonchev–Trinajstić information content (AvgIpc) is 2.71. The van der Waals surface area contributed by atoms with Crippen LogP contribution in [0.25, 0.3) is 11.1 Å². The smallest absolute Gasteiger partial charge is 0.335 e. The van der Waals surface area contributed by atoms with Gasteiger partial charge in [-0.25, -0.2) is 4.79 Å². The molecule has 0 aliphatic carbocycles. The van der Waals surface area contributed by atoms with Crippen LogP contribution in [-0.2, 0) is 10.8 Å². The zero-order valence-electron chi connectivity index (χ0n) is 19.0. The van der Waals surface area contributed by atoms with Crippen molar-refractivity contribution in [2.24, 2.45) is 0 Å². The highest BCUT2D eigenvalue weighted by Crippen LogP contribution is 2.39. The molecule has 0 bridgehead atoms. The molecular weight excluding hydrogens is 394 g/mol. The molecule has 0 heterocycles. The SMILES string of the molecule is CCCCN(CCCC)c1cc(C(=O)O)cc(S(=O)CC)c1-c1cc(C)cc(C)c1. The first kappa shape index (κ1) is 24.1. The van der Waals surface area contributed by atoms with Gasteiger partial charge in [0.2, 0.25) is 0 Å². The quantitative estimate of drug-likeness (QED) is 0.462. The summed E-state index contributed by atoms with van der Waals surface area (Å²) in [6.45, 7) is 12.0. The predicted octanol–water partition coefficient (Wildman–Crippen LogP) is 6.20. The van der Waals surface area contributed by atoms with Gasteiger partial charge < -0.3 is 10.0 Å². The van der Waals surface area contributed by atoms with Crippen LogP contribution in [0.1, 0.15) is 67.9 Å². The number of carboxylic acid groups (broad SMARTS) is 1. The van der Waals surface area contributed by atoms with E-state index in [0.717, 1.165) is 66.7 Å². The molecule has 0 aromatic heterocycles. The molecule has 0 spiro atoms. The van der Waals surface area contributed by atoms with E-state index in [2.05, 4.69) is 50.8 Å². The molecule has 30 heavy (non-hydrogen) atoms. The number of rotatable bonds is 11. The minimum Gasteiger partial charge on any atom is -0.478 e. The fourth-order valence-electron chi connectivity index (χ4n) is 3.77. The minimum absolute atomic E-state index is 0.202. The minimum atomic E-state index is -1.27. The summed E-state index contributed by atoms with van der Waals surface area (Å²) >= 11 is 0. The van der Waals surface area contributed by atoms with E-state index in [1.165, 1.54) is 0 Å². The lowest BCUT2D eigenvalue weighted by molar-refractivity contribution is 0.0696. The Bertz CT molecular complexity index is 879. The number of unbranched alkanes of at least 4 members (excludes halogenated alkanes) is 2. The van der Waals surface area contributed by atoms with E-state index in [1.807, 2.05) is 6.92 Å². The van der Waals surface area contributed by atoms with E-state index in [1.54, 1.807) is 12.1 Å². The monoisotopic (exact) mass is 429 g/mol. The Morgan fingerprint density at radius 2 is 1.50 bits per heavy atom. The van der Waals surface area contributed by atoms with Crippen molar-refractivity contribution < 1.29 is 14.1 Å². The maximum Gasteiger partial charge on any atom is 0.335 e. The highest BCUT2D eigenvalue weighted by atomic mass is 32.2. The summed E-state index contributed by atoms with van der Waals surface area (Å²) in [6.07, 6.45) is 4.18. The van der Waals surface area contributed by atoms with Crippen molar-refractivity contribution in [2.45, 2.75) is 65.2 Å². The van der Waals surface area contributed by atoms with Crippen LogP contribution in [0.15, 0.2) is 35.2 Å². The molecule has 1 unspecified atom stereocenters. The summed E-state index contributed by atoms with van der Waals surface area (Å²) in [7, 11) is -1.27. The van der Waals surface area contributed by atoms with Crippen LogP contribution in [-0.4, -0.2) is 34.1 Å². The number of anilines is 1. The first-order valence-corrected chi connectivity index (χ1v) is 12.3. The Labute approximate surface area is 183 Å². The van der Waals surface area contributed by atoms with Crippen LogP contribution in [0.3, 0.4) is 0 Å². The van der Waals surface area contributed by atoms with E-state index in [4.69, 9.17) is 0 Å². The van der Waals surface area contributed by atoms with Gasteiger partial charge in [-0.05, 0) is 44.4 Å². The summed E-state index contributed by atoms with van der Waals surface area (Å²) in [5, 5.41) is 9.75. The number of carboxylic acids is 1. The molecule has 164 valence electrons. The third-order valence-corrected chi connectivity index (χ3v) is 6.59. The van der Waals surface area contributed by atoms with Crippen molar-refractivity contribution in [1.82, 2.24) is 0 Å². The molecule has 0 aliphatic heterocycles. The van der Waals surface area contributed by atoms with Crippen molar-refractivity contribution in [1.29, 1.82) is 0 Å². The second-order valence-electron chi connectivity index (χ2n) is 7.88. The average molecular weight is 430 g/mol. The van der Waals surface area contributed by atoms with Crippen molar-refractivity contribution in [3.05, 3.63) is 47.0 Å². The summed E-state index contributed by atoms with van der Waals surface area (Å²) in [6, 6.07) is 9.73. The van der Waals surface area contributed by atoms with Gasteiger partial charge >= 0.3 is 5.97 Å². The summed E-state index contributed by atoms with van der Waals surface area (Å²) in [4.78, 5) is 14.8. The normalized spacial score (nSPS) is 12.0. The fourth-order valence-corrected chi connectivity index (χ4v) is 4.79. The summed E-state index contributed by atoms with van der Waals surface area (Å²) < 4.78 is 13.1. The van der Waals surface area contributed by atoms with E-state index in [0.29, 0.717) is 10.6 Å². The molecule has 2 rings (SSSR count). The Kier molecular flexibility index (Phi) is 9.09. The van der Waals surface area contributed by atoms with Crippen LogP contribution in [0.5, 0.6) is 0 Å². The predicted molar refractivity (Wildman–Crippen MR) is 127 cm³/mol. The number of hydrogen-bond acceptors (Lipinski definition) is 3. The molecule has 2 aromatic rings. The number of carbonyl (C=O) groups is 1. The molecule has 1 N–H and O–H groups in total. The van der Waals surface area contributed by atoms with E-state index in [9.17, 15) is 14.1 Å². The standard InChI is InChI=1S/C25H35NO3S/c1-6-9-11-26(12-10-7-2)22-16-21(25(27)28)17-23(30(29)8-3)24(22)20-14-18(4)13-19(5)15-20/h13-17H,6-12H2,1-5H3,(H,27,28). The lowest BCUT2D eigenvalue weighted by Crippen LogP contribution is -2.27. The van der Waals surface area contributed by atoms with Gasteiger partial charge in [-0.3, -0.25) is 4.21 Å². The molecule has 0 fully saturated rings. The molecule has 4 nitrogen and oxygen atoms in total. The van der Waals surface area contributed by atoms with Gasteiger partial charge in [0.15, 0.2) is 0 Å². The Morgan fingerprint density at radius 1 is 0.933 bits per heavy atom. The molecule has 0 saturated carbocycles. The molecule has 0 saturated heterocycles. The zero-order chi connectivity index (χ0) is 22.3. The van der Waals surface area contributed by atoms with Gasteiger partial charge in [0, 0.05) is 35.0 Å². The number of benzene rings is 2. The van der Waals surface area contributed by atoms with Crippen molar-refractivity contribution in [3.8, 4) is 11.1 Å².